The van der Waals surface area contributed by atoms with E-state index in [2.05, 4.69) is 11.4 Å². The van der Waals surface area contributed by atoms with Crippen molar-refractivity contribution >= 4 is 23.1 Å². The number of hydrogen-bond acceptors (Lipinski definition) is 6. The Kier molecular flexibility index (Phi) is 6.70. The van der Waals surface area contributed by atoms with Crippen LogP contribution in [-0.4, -0.2) is 45.2 Å². The predicted octanol–water partition coefficient (Wildman–Crippen LogP) is 4.28. The Labute approximate surface area is 225 Å². The molecule has 2 aliphatic rings. The number of ether oxygens (including phenoxy) is 1. The smallest absolute Gasteiger partial charge is 0.419 e. The van der Waals surface area contributed by atoms with Crippen LogP contribution < -0.4 is 11.1 Å². The molecule has 2 amide bonds. The molecule has 9 nitrogen and oxygen atoms in total. The van der Waals surface area contributed by atoms with Gasteiger partial charge >= 0.3 is 11.8 Å². The number of benzene rings is 2. The van der Waals surface area contributed by atoms with Crippen LogP contribution in [0.5, 0.6) is 0 Å². The first-order chi connectivity index (χ1) is 18.4. The lowest BCUT2D eigenvalue weighted by atomic mass is 9.97. The first-order valence-corrected chi connectivity index (χ1v) is 13.0. The van der Waals surface area contributed by atoms with Gasteiger partial charge in [0.2, 0.25) is 5.91 Å². The normalized spacial score (nSPS) is 21.1. The van der Waals surface area contributed by atoms with Crippen molar-refractivity contribution in [3.8, 4) is 17.2 Å². The molecule has 10 heteroatoms. The second-order valence-corrected chi connectivity index (χ2v) is 11.4. The molecule has 2 unspecified atom stereocenters. The molecule has 2 bridgehead atoms. The number of carbonyl (C=O) groups is 2. The Morgan fingerprint density at radius 1 is 1.21 bits per heavy atom. The van der Waals surface area contributed by atoms with E-state index in [-0.39, 0.29) is 23.9 Å². The number of nitrogens with one attached hydrogen (secondary N) is 1. The number of nitriles is 1. The molecule has 1 saturated heterocycles. The third kappa shape index (κ3) is 5.13. The van der Waals surface area contributed by atoms with E-state index in [0.717, 1.165) is 19.3 Å². The minimum absolute atomic E-state index is 0.00395. The van der Waals surface area contributed by atoms with Gasteiger partial charge in [0, 0.05) is 19.5 Å². The van der Waals surface area contributed by atoms with Gasteiger partial charge in [0.05, 0.1) is 11.6 Å². The van der Waals surface area contributed by atoms with E-state index in [0.29, 0.717) is 22.2 Å². The minimum atomic E-state index is -0.979. The lowest BCUT2D eigenvalue weighted by Crippen LogP contribution is -2.55. The molecule has 0 spiro atoms. The Morgan fingerprint density at radius 2 is 1.92 bits per heavy atom. The second-order valence-electron chi connectivity index (χ2n) is 11.4. The van der Waals surface area contributed by atoms with E-state index in [1.807, 2.05) is 0 Å². The molecule has 4 atom stereocenters. The molecule has 0 radical (unpaired) electrons. The van der Waals surface area contributed by atoms with Crippen LogP contribution in [0.15, 0.2) is 45.6 Å². The number of hydrogen-bond donors (Lipinski definition) is 1. The number of piperidine rings is 1. The highest BCUT2D eigenvalue weighted by Crippen LogP contribution is 2.43. The molecule has 2 fully saturated rings. The molecule has 1 N–H and O–H groups in total. The molecule has 5 rings (SSSR count). The number of halogens is 1. The van der Waals surface area contributed by atoms with E-state index >= 15 is 4.39 Å². The monoisotopic (exact) mass is 534 g/mol. The Bertz CT molecular complexity index is 1550. The van der Waals surface area contributed by atoms with Crippen LogP contribution in [0.3, 0.4) is 0 Å². The average Bonchev–Trinajstić information content (AvgIpc) is 3.57. The average molecular weight is 535 g/mol. The van der Waals surface area contributed by atoms with Gasteiger partial charge in [0.1, 0.15) is 23.5 Å². The van der Waals surface area contributed by atoms with Gasteiger partial charge in [-0.25, -0.2) is 14.0 Å². The molecule has 1 aliphatic carbocycles. The van der Waals surface area contributed by atoms with Gasteiger partial charge in [-0.2, -0.15) is 5.26 Å². The Balaban J connectivity index is 1.30. The zero-order valence-electron chi connectivity index (χ0n) is 22.4. The van der Waals surface area contributed by atoms with E-state index in [1.54, 1.807) is 58.2 Å². The summed E-state index contributed by atoms with van der Waals surface area (Å²) in [5.41, 5.74) is 1.87. The van der Waals surface area contributed by atoms with E-state index < -0.39 is 41.3 Å². The summed E-state index contributed by atoms with van der Waals surface area (Å²) in [5.74, 6) is -1.42. The largest absolute Gasteiger partial charge is 0.444 e. The number of carbonyl (C=O) groups excluding carboxylic acids is 2. The van der Waals surface area contributed by atoms with Gasteiger partial charge in [-0.1, -0.05) is 18.2 Å². The molecule has 2 aromatic carbocycles. The fraction of sp³-hybridized carbons (Fsp3) is 0.448. The van der Waals surface area contributed by atoms with Crippen LogP contribution in [0.1, 0.15) is 45.6 Å². The van der Waals surface area contributed by atoms with Crippen LogP contribution in [0, 0.1) is 23.1 Å². The number of likely N-dealkylation sites (tertiary alicyclic amines) is 1. The zero-order chi connectivity index (χ0) is 28.1. The highest BCUT2D eigenvalue weighted by molar-refractivity contribution is 5.87. The first kappa shape index (κ1) is 26.5. The molecule has 2 heterocycles. The van der Waals surface area contributed by atoms with Crippen LogP contribution in [0.25, 0.3) is 22.2 Å². The van der Waals surface area contributed by atoms with E-state index in [9.17, 15) is 19.6 Å². The summed E-state index contributed by atoms with van der Waals surface area (Å²) in [6.45, 7) is 5.33. The van der Waals surface area contributed by atoms with Crippen molar-refractivity contribution in [3.63, 3.8) is 0 Å². The number of oxazole rings is 1. The summed E-state index contributed by atoms with van der Waals surface area (Å²) < 4.78 is 27.3. The van der Waals surface area contributed by atoms with Crippen molar-refractivity contribution in [2.24, 2.45) is 13.0 Å². The van der Waals surface area contributed by atoms with E-state index in [4.69, 9.17) is 9.15 Å². The first-order valence-electron chi connectivity index (χ1n) is 13.0. The summed E-state index contributed by atoms with van der Waals surface area (Å²) in [4.78, 5) is 39.5. The summed E-state index contributed by atoms with van der Waals surface area (Å²) in [5, 5.41) is 12.5. The van der Waals surface area contributed by atoms with Gasteiger partial charge in [-0.05, 0) is 80.8 Å². The SMILES string of the molecule is Cn1c(=O)oc2cc(-c3ccc(CC(C#N)NC(=O)[C@@H]4C5CC[C@H](C5)N4C(=O)OC(C)(C)C)c(F)c3)ccc21. The van der Waals surface area contributed by atoms with E-state index in [1.165, 1.54) is 15.5 Å². The second kappa shape index (κ2) is 9.88. The molecule has 1 saturated carbocycles. The third-order valence-corrected chi connectivity index (χ3v) is 7.53. The number of nitrogens with zero attached hydrogens (tertiary/aromatic N) is 3. The number of amides is 2. The predicted molar refractivity (Wildman–Crippen MR) is 141 cm³/mol. The van der Waals surface area contributed by atoms with Gasteiger partial charge < -0.3 is 14.5 Å². The standard InChI is InChI=1S/C29H31FN4O5/c1-29(2,3)39-28(37)34-21-9-7-19(12-21)25(34)26(35)32-20(15-31)11-18-6-5-16(13-22(18)30)17-8-10-23-24(14-17)38-27(36)33(23)4/h5-6,8,10,13-14,19-21,25H,7,9,11-12H2,1-4H3,(H,32,35)/t19?,20?,21-,25+/m1/s1. The Morgan fingerprint density at radius 3 is 2.62 bits per heavy atom. The molecule has 204 valence electrons. The van der Waals surface area contributed by atoms with Gasteiger partial charge in [0.25, 0.3) is 0 Å². The van der Waals surface area contributed by atoms with Crippen molar-refractivity contribution in [2.45, 2.75) is 70.2 Å². The fourth-order valence-electron chi connectivity index (χ4n) is 5.71. The highest BCUT2D eigenvalue weighted by Gasteiger charge is 2.52. The molecule has 1 aromatic heterocycles. The lowest BCUT2D eigenvalue weighted by molar-refractivity contribution is -0.128. The molecule has 3 aromatic rings. The quantitative estimate of drug-likeness (QED) is 0.522. The minimum Gasteiger partial charge on any atom is -0.444 e. The summed E-state index contributed by atoms with van der Waals surface area (Å²) >= 11 is 0. The van der Waals surface area contributed by atoms with Crippen molar-refractivity contribution in [1.29, 1.82) is 5.26 Å². The summed E-state index contributed by atoms with van der Waals surface area (Å²) in [6.07, 6.45) is 1.80. The third-order valence-electron chi connectivity index (χ3n) is 7.53. The highest BCUT2D eigenvalue weighted by atomic mass is 19.1. The topological polar surface area (TPSA) is 118 Å². The van der Waals surface area contributed by atoms with Crippen molar-refractivity contribution in [2.75, 3.05) is 0 Å². The molecule has 39 heavy (non-hydrogen) atoms. The van der Waals surface area contributed by atoms with Gasteiger partial charge in [-0.3, -0.25) is 14.3 Å². The van der Waals surface area contributed by atoms with Crippen LogP contribution >= 0.6 is 0 Å². The van der Waals surface area contributed by atoms with Crippen LogP contribution in [0.4, 0.5) is 9.18 Å². The van der Waals surface area contributed by atoms with Crippen LogP contribution in [-0.2, 0) is 23.0 Å². The molecular weight excluding hydrogens is 503 g/mol. The van der Waals surface area contributed by atoms with Gasteiger partial charge in [0.15, 0.2) is 5.58 Å². The van der Waals surface area contributed by atoms with Crippen LogP contribution in [0.2, 0.25) is 0 Å². The maximum atomic E-state index is 15.1. The fourth-order valence-corrected chi connectivity index (χ4v) is 5.71. The number of aromatic nitrogens is 1. The summed E-state index contributed by atoms with van der Waals surface area (Å²) in [6, 6.07) is 10.1. The van der Waals surface area contributed by atoms with Gasteiger partial charge in [-0.15, -0.1) is 0 Å². The zero-order valence-corrected chi connectivity index (χ0v) is 22.4. The number of rotatable bonds is 5. The van der Waals surface area contributed by atoms with Crippen molar-refractivity contribution in [3.05, 3.63) is 58.3 Å². The number of fused-ring (bicyclic) bond motifs is 3. The summed E-state index contributed by atoms with van der Waals surface area (Å²) in [7, 11) is 1.61. The molecular formula is C29H31FN4O5. The maximum Gasteiger partial charge on any atom is 0.419 e. The maximum absolute atomic E-state index is 15.1. The lowest BCUT2D eigenvalue weighted by Gasteiger charge is -2.35. The Hall–Kier alpha value is -4.13. The van der Waals surface area contributed by atoms with Crippen molar-refractivity contribution < 1.29 is 23.1 Å². The molecule has 1 aliphatic heterocycles. The van der Waals surface area contributed by atoms with Crippen molar-refractivity contribution in [1.82, 2.24) is 14.8 Å². The number of aryl methyl sites for hydroxylation is 1.